The predicted octanol–water partition coefficient (Wildman–Crippen LogP) is 4.43. The van der Waals surface area contributed by atoms with Crippen LogP contribution >= 0.6 is 15.9 Å². The predicted molar refractivity (Wildman–Crippen MR) is 99.0 cm³/mol. The molecule has 0 bridgehead atoms. The summed E-state index contributed by atoms with van der Waals surface area (Å²) in [5.74, 6) is -0.224. The average Bonchev–Trinajstić information content (AvgIpc) is 2.57. The molecule has 2 aromatic rings. The van der Waals surface area contributed by atoms with E-state index in [2.05, 4.69) is 38.7 Å². The minimum Gasteiger partial charge on any atom is -0.385 e. The lowest BCUT2D eigenvalue weighted by Gasteiger charge is -2.06. The van der Waals surface area contributed by atoms with Crippen molar-refractivity contribution >= 4 is 33.7 Å². The second-order valence-electron chi connectivity index (χ2n) is 5.11. The smallest absolute Gasteiger partial charge is 0.271 e. The lowest BCUT2D eigenvalue weighted by atomic mass is 10.2. The van der Waals surface area contributed by atoms with Crippen molar-refractivity contribution in [1.29, 1.82) is 0 Å². The lowest BCUT2D eigenvalue weighted by molar-refractivity contribution is 0.0955. The Morgan fingerprint density at radius 3 is 2.48 bits per heavy atom. The minimum atomic E-state index is -0.224. The molecule has 5 heteroatoms. The SMILES string of the molecule is CCCCNc1ccc(C(=O)NN=Cc2ccc(Br)cc2)cc1. The van der Waals surface area contributed by atoms with Gasteiger partial charge >= 0.3 is 0 Å². The third-order valence-electron chi connectivity index (χ3n) is 3.26. The first-order valence-electron chi connectivity index (χ1n) is 7.62. The molecule has 120 valence electrons. The van der Waals surface area contributed by atoms with Crippen LogP contribution < -0.4 is 10.7 Å². The van der Waals surface area contributed by atoms with Crippen LogP contribution in [0.25, 0.3) is 0 Å². The number of hydrogen-bond donors (Lipinski definition) is 2. The highest BCUT2D eigenvalue weighted by atomic mass is 79.9. The Bertz CT molecular complexity index is 651. The van der Waals surface area contributed by atoms with E-state index >= 15 is 0 Å². The molecule has 0 aliphatic rings. The summed E-state index contributed by atoms with van der Waals surface area (Å²) in [5.41, 5.74) is 5.06. The highest BCUT2D eigenvalue weighted by Gasteiger charge is 2.03. The minimum absolute atomic E-state index is 0.224. The molecule has 2 aromatic carbocycles. The van der Waals surface area contributed by atoms with Crippen molar-refractivity contribution in [3.05, 3.63) is 64.1 Å². The zero-order chi connectivity index (χ0) is 16.5. The van der Waals surface area contributed by atoms with Crippen LogP contribution in [0, 0.1) is 0 Å². The molecule has 0 radical (unpaired) electrons. The number of amides is 1. The molecule has 0 spiro atoms. The van der Waals surface area contributed by atoms with Crippen molar-refractivity contribution in [3.63, 3.8) is 0 Å². The van der Waals surface area contributed by atoms with Gasteiger partial charge in [0, 0.05) is 22.3 Å². The van der Waals surface area contributed by atoms with Crippen molar-refractivity contribution in [1.82, 2.24) is 5.43 Å². The first-order chi connectivity index (χ1) is 11.2. The molecule has 0 aliphatic carbocycles. The second kappa shape index (κ2) is 9.10. The summed E-state index contributed by atoms with van der Waals surface area (Å²) in [6.45, 7) is 3.10. The molecule has 0 saturated carbocycles. The van der Waals surface area contributed by atoms with Gasteiger partial charge in [-0.2, -0.15) is 5.10 Å². The maximum atomic E-state index is 12.0. The normalized spacial score (nSPS) is 10.7. The number of nitrogens with one attached hydrogen (secondary N) is 2. The van der Waals surface area contributed by atoms with E-state index in [4.69, 9.17) is 0 Å². The maximum absolute atomic E-state index is 12.0. The fraction of sp³-hybridized carbons (Fsp3) is 0.222. The van der Waals surface area contributed by atoms with Crippen LogP contribution in [-0.2, 0) is 0 Å². The molecule has 0 aliphatic heterocycles. The van der Waals surface area contributed by atoms with E-state index in [0.717, 1.165) is 35.1 Å². The number of benzene rings is 2. The maximum Gasteiger partial charge on any atom is 0.271 e. The Morgan fingerprint density at radius 2 is 1.83 bits per heavy atom. The quantitative estimate of drug-likeness (QED) is 0.428. The summed E-state index contributed by atoms with van der Waals surface area (Å²) in [6, 6.07) is 15.1. The molecule has 0 heterocycles. The van der Waals surface area contributed by atoms with Crippen LogP contribution in [-0.4, -0.2) is 18.7 Å². The van der Waals surface area contributed by atoms with E-state index in [-0.39, 0.29) is 5.91 Å². The number of anilines is 1. The van der Waals surface area contributed by atoms with Gasteiger partial charge in [-0.25, -0.2) is 5.43 Å². The first kappa shape index (κ1) is 17.2. The highest BCUT2D eigenvalue weighted by molar-refractivity contribution is 9.10. The number of rotatable bonds is 7. The third kappa shape index (κ3) is 5.87. The van der Waals surface area contributed by atoms with Gasteiger partial charge in [0.1, 0.15) is 0 Å². The second-order valence-corrected chi connectivity index (χ2v) is 6.02. The molecule has 0 aromatic heterocycles. The van der Waals surface area contributed by atoms with E-state index in [1.54, 1.807) is 18.3 Å². The topological polar surface area (TPSA) is 53.5 Å². The summed E-state index contributed by atoms with van der Waals surface area (Å²) in [5, 5.41) is 7.29. The van der Waals surface area contributed by atoms with Gasteiger partial charge in [-0.15, -0.1) is 0 Å². The largest absolute Gasteiger partial charge is 0.385 e. The Hall–Kier alpha value is -2.14. The number of carbonyl (C=O) groups excluding carboxylic acids is 1. The van der Waals surface area contributed by atoms with Gasteiger partial charge in [-0.1, -0.05) is 41.4 Å². The van der Waals surface area contributed by atoms with Gasteiger partial charge in [0.15, 0.2) is 0 Å². The Morgan fingerprint density at radius 1 is 1.13 bits per heavy atom. The van der Waals surface area contributed by atoms with Gasteiger partial charge in [-0.3, -0.25) is 4.79 Å². The molecule has 0 saturated heterocycles. The summed E-state index contributed by atoms with van der Waals surface area (Å²) >= 11 is 3.37. The Balaban J connectivity index is 1.86. The third-order valence-corrected chi connectivity index (χ3v) is 3.78. The summed E-state index contributed by atoms with van der Waals surface area (Å²) in [7, 11) is 0. The summed E-state index contributed by atoms with van der Waals surface area (Å²) in [4.78, 5) is 12.0. The molecule has 2 N–H and O–H groups in total. The van der Waals surface area contributed by atoms with Gasteiger partial charge < -0.3 is 5.32 Å². The molecule has 2 rings (SSSR count). The van der Waals surface area contributed by atoms with Gasteiger partial charge in [0.05, 0.1) is 6.21 Å². The highest BCUT2D eigenvalue weighted by Crippen LogP contribution is 2.10. The van der Waals surface area contributed by atoms with Crippen LogP contribution in [0.15, 0.2) is 58.1 Å². The van der Waals surface area contributed by atoms with Crippen LogP contribution in [0.4, 0.5) is 5.69 Å². The number of halogens is 1. The monoisotopic (exact) mass is 373 g/mol. The standard InChI is InChI=1S/C18H20BrN3O/c1-2-3-12-20-17-10-6-15(7-11-17)18(23)22-21-13-14-4-8-16(19)9-5-14/h4-11,13,20H,2-3,12H2,1H3,(H,22,23). The lowest BCUT2D eigenvalue weighted by Crippen LogP contribution is -2.17. The number of nitrogens with zero attached hydrogens (tertiary/aromatic N) is 1. The van der Waals surface area contributed by atoms with Gasteiger partial charge in [0.2, 0.25) is 0 Å². The van der Waals surface area contributed by atoms with Gasteiger partial charge in [0.25, 0.3) is 5.91 Å². The van der Waals surface area contributed by atoms with Crippen molar-refractivity contribution < 1.29 is 4.79 Å². The molecule has 23 heavy (non-hydrogen) atoms. The van der Waals surface area contributed by atoms with Crippen LogP contribution in [0.5, 0.6) is 0 Å². The molecule has 0 atom stereocenters. The Labute approximate surface area is 145 Å². The fourth-order valence-electron chi connectivity index (χ4n) is 1.93. The fourth-order valence-corrected chi connectivity index (χ4v) is 2.19. The van der Waals surface area contributed by atoms with E-state index in [1.807, 2.05) is 36.4 Å². The van der Waals surface area contributed by atoms with Crippen molar-refractivity contribution in [2.45, 2.75) is 19.8 Å². The van der Waals surface area contributed by atoms with Gasteiger partial charge in [-0.05, 0) is 48.4 Å². The Kier molecular flexibility index (Phi) is 6.81. The van der Waals surface area contributed by atoms with Crippen molar-refractivity contribution in [3.8, 4) is 0 Å². The first-order valence-corrected chi connectivity index (χ1v) is 8.41. The van der Waals surface area contributed by atoms with E-state index in [0.29, 0.717) is 5.56 Å². The molecule has 1 amide bonds. The molecular formula is C18H20BrN3O. The zero-order valence-corrected chi connectivity index (χ0v) is 14.6. The molecule has 4 nitrogen and oxygen atoms in total. The zero-order valence-electron chi connectivity index (χ0n) is 13.1. The summed E-state index contributed by atoms with van der Waals surface area (Å²) < 4.78 is 1.01. The van der Waals surface area contributed by atoms with Crippen molar-refractivity contribution in [2.24, 2.45) is 5.10 Å². The van der Waals surface area contributed by atoms with Crippen LogP contribution in [0.2, 0.25) is 0 Å². The number of hydrogen-bond acceptors (Lipinski definition) is 3. The number of unbranched alkanes of at least 4 members (excludes halogenated alkanes) is 1. The molecule has 0 fully saturated rings. The van der Waals surface area contributed by atoms with Crippen molar-refractivity contribution in [2.75, 3.05) is 11.9 Å². The average molecular weight is 374 g/mol. The molecule has 0 unspecified atom stereocenters. The van der Waals surface area contributed by atoms with E-state index < -0.39 is 0 Å². The van der Waals surface area contributed by atoms with E-state index in [9.17, 15) is 4.79 Å². The van der Waals surface area contributed by atoms with Crippen LogP contribution in [0.3, 0.4) is 0 Å². The summed E-state index contributed by atoms with van der Waals surface area (Å²) in [6.07, 6.45) is 3.90. The number of hydrazone groups is 1. The molecular weight excluding hydrogens is 354 g/mol. The van der Waals surface area contributed by atoms with Crippen LogP contribution in [0.1, 0.15) is 35.7 Å². The number of carbonyl (C=O) groups is 1. The van der Waals surface area contributed by atoms with E-state index in [1.165, 1.54) is 0 Å².